The number of aromatic hydroxyl groups is 1. The first-order valence-corrected chi connectivity index (χ1v) is 12.6. The van der Waals surface area contributed by atoms with E-state index in [2.05, 4.69) is 9.97 Å². The highest BCUT2D eigenvalue weighted by atomic mass is 19.1. The van der Waals surface area contributed by atoms with Gasteiger partial charge in [-0.15, -0.1) is 0 Å². The van der Waals surface area contributed by atoms with Crippen molar-refractivity contribution in [1.82, 2.24) is 14.9 Å². The van der Waals surface area contributed by atoms with Crippen molar-refractivity contribution in [3.63, 3.8) is 0 Å². The molecule has 0 aliphatic carbocycles. The molecule has 3 N–H and O–H groups in total. The fourth-order valence-electron chi connectivity index (χ4n) is 6.20. The van der Waals surface area contributed by atoms with E-state index in [0.717, 1.165) is 25.5 Å². The van der Waals surface area contributed by atoms with Crippen LogP contribution in [0.1, 0.15) is 31.7 Å². The van der Waals surface area contributed by atoms with Crippen molar-refractivity contribution in [1.29, 1.82) is 0 Å². The summed E-state index contributed by atoms with van der Waals surface area (Å²) in [7, 11) is 0. The SMILES string of the molecule is CCc1c(F)ccc2cc(N)cc(-c3c(F)cc4c(O)nc(OC[C@@]56CCCN5C[C@H](F)C6)nc4c3F)c12. The minimum atomic E-state index is -1.06. The molecule has 0 unspecified atom stereocenters. The molecule has 0 bridgehead atoms. The predicted octanol–water partition coefficient (Wildman–Crippen LogP) is 5.67. The van der Waals surface area contributed by atoms with Crippen molar-refractivity contribution in [3.05, 3.63) is 53.3 Å². The van der Waals surface area contributed by atoms with Gasteiger partial charge in [-0.1, -0.05) is 13.0 Å². The Morgan fingerprint density at radius 1 is 1.16 bits per heavy atom. The number of alkyl halides is 1. The van der Waals surface area contributed by atoms with Gasteiger partial charge in [0.05, 0.1) is 16.5 Å². The Morgan fingerprint density at radius 2 is 1.97 bits per heavy atom. The quantitative estimate of drug-likeness (QED) is 0.257. The number of hydrogen-bond acceptors (Lipinski definition) is 6. The Balaban J connectivity index is 1.48. The number of anilines is 1. The molecule has 0 radical (unpaired) electrons. The van der Waals surface area contributed by atoms with E-state index in [1.54, 1.807) is 13.0 Å². The lowest BCUT2D eigenvalue weighted by Gasteiger charge is -2.30. The lowest BCUT2D eigenvalue weighted by molar-refractivity contribution is 0.107. The van der Waals surface area contributed by atoms with Crippen LogP contribution in [0.25, 0.3) is 32.8 Å². The third kappa shape index (κ3) is 3.81. The zero-order valence-electron chi connectivity index (χ0n) is 20.7. The first kappa shape index (κ1) is 24.7. The lowest BCUT2D eigenvalue weighted by atomic mass is 9.91. The zero-order chi connectivity index (χ0) is 26.8. The van der Waals surface area contributed by atoms with E-state index < -0.39 is 40.6 Å². The maximum absolute atomic E-state index is 16.1. The molecule has 10 heteroatoms. The largest absolute Gasteiger partial charge is 0.493 e. The Kier molecular flexibility index (Phi) is 5.82. The number of nitrogens with two attached hydrogens (primary N) is 1. The normalized spacial score (nSPS) is 21.4. The molecule has 2 aliphatic heterocycles. The van der Waals surface area contributed by atoms with Gasteiger partial charge in [0.15, 0.2) is 5.82 Å². The molecule has 0 amide bonds. The molecular weight excluding hydrogens is 500 g/mol. The number of fused-ring (bicyclic) bond motifs is 3. The van der Waals surface area contributed by atoms with Crippen LogP contribution in [0.2, 0.25) is 0 Å². The molecule has 198 valence electrons. The monoisotopic (exact) mass is 526 g/mol. The number of ether oxygens (including phenoxy) is 1. The molecule has 0 saturated carbocycles. The third-order valence-corrected chi connectivity index (χ3v) is 7.89. The highest BCUT2D eigenvalue weighted by Gasteiger charge is 2.49. The molecule has 2 aliphatic rings. The van der Waals surface area contributed by atoms with Gasteiger partial charge in [0.2, 0.25) is 5.88 Å². The van der Waals surface area contributed by atoms with E-state index in [0.29, 0.717) is 29.3 Å². The Hall–Kier alpha value is -3.66. The van der Waals surface area contributed by atoms with Gasteiger partial charge < -0.3 is 15.6 Å². The molecule has 2 fully saturated rings. The zero-order valence-corrected chi connectivity index (χ0v) is 20.7. The van der Waals surface area contributed by atoms with E-state index in [1.807, 2.05) is 4.90 Å². The van der Waals surface area contributed by atoms with Gasteiger partial charge in [-0.05, 0) is 72.0 Å². The summed E-state index contributed by atoms with van der Waals surface area (Å²) >= 11 is 0. The highest BCUT2D eigenvalue weighted by molar-refractivity contribution is 6.03. The Labute approximate surface area is 216 Å². The molecule has 2 atom stereocenters. The summed E-state index contributed by atoms with van der Waals surface area (Å²) in [6.45, 7) is 2.92. The van der Waals surface area contributed by atoms with Gasteiger partial charge in [0.1, 0.15) is 29.9 Å². The summed E-state index contributed by atoms with van der Waals surface area (Å²) in [6.07, 6.45) is 1.30. The highest BCUT2D eigenvalue weighted by Crippen LogP contribution is 2.42. The maximum Gasteiger partial charge on any atom is 0.320 e. The fourth-order valence-corrected chi connectivity index (χ4v) is 6.20. The van der Waals surface area contributed by atoms with Crippen molar-refractivity contribution >= 4 is 27.4 Å². The predicted molar refractivity (Wildman–Crippen MR) is 136 cm³/mol. The number of rotatable bonds is 5. The topological polar surface area (TPSA) is 84.5 Å². The van der Waals surface area contributed by atoms with Crippen molar-refractivity contribution in [3.8, 4) is 23.0 Å². The van der Waals surface area contributed by atoms with E-state index in [-0.39, 0.29) is 41.2 Å². The second-order valence-electron chi connectivity index (χ2n) is 10.2. The van der Waals surface area contributed by atoms with Gasteiger partial charge in [-0.3, -0.25) is 4.90 Å². The van der Waals surface area contributed by atoms with Crippen molar-refractivity contribution < 1.29 is 27.4 Å². The molecule has 6 rings (SSSR count). The van der Waals surface area contributed by atoms with Crippen LogP contribution in [0.15, 0.2) is 30.3 Å². The second kappa shape index (κ2) is 8.97. The molecular formula is C28H26F4N4O2. The van der Waals surface area contributed by atoms with E-state index in [1.165, 1.54) is 18.2 Å². The van der Waals surface area contributed by atoms with Crippen molar-refractivity contribution in [2.24, 2.45) is 0 Å². The van der Waals surface area contributed by atoms with E-state index in [9.17, 15) is 13.9 Å². The smallest absolute Gasteiger partial charge is 0.320 e. The minimum absolute atomic E-state index is 0.0764. The third-order valence-electron chi connectivity index (χ3n) is 7.89. The number of hydrogen-bond donors (Lipinski definition) is 2. The summed E-state index contributed by atoms with van der Waals surface area (Å²) in [5.41, 5.74) is 5.37. The van der Waals surface area contributed by atoms with Gasteiger partial charge in [0.25, 0.3) is 0 Å². The number of aryl methyl sites for hydroxylation is 1. The fraction of sp³-hybridized carbons (Fsp3) is 0.357. The van der Waals surface area contributed by atoms with Crippen molar-refractivity contribution in [2.45, 2.75) is 44.3 Å². The summed E-state index contributed by atoms with van der Waals surface area (Å²) in [6, 6.07) is 6.46. The molecule has 2 saturated heterocycles. The van der Waals surface area contributed by atoms with Crippen LogP contribution >= 0.6 is 0 Å². The number of nitrogens with zero attached hydrogens (tertiary/aromatic N) is 3. The first-order valence-electron chi connectivity index (χ1n) is 12.6. The average Bonchev–Trinajstić information content (AvgIpc) is 3.39. The minimum Gasteiger partial charge on any atom is -0.493 e. The second-order valence-corrected chi connectivity index (χ2v) is 10.2. The van der Waals surface area contributed by atoms with Crippen LogP contribution in [0.4, 0.5) is 23.2 Å². The van der Waals surface area contributed by atoms with Gasteiger partial charge in [-0.2, -0.15) is 9.97 Å². The van der Waals surface area contributed by atoms with Crippen LogP contribution in [0.3, 0.4) is 0 Å². The molecule has 6 nitrogen and oxygen atoms in total. The number of aromatic nitrogens is 2. The van der Waals surface area contributed by atoms with Crippen LogP contribution < -0.4 is 10.5 Å². The molecule has 3 heterocycles. The average molecular weight is 527 g/mol. The molecule has 3 aromatic carbocycles. The molecule has 38 heavy (non-hydrogen) atoms. The summed E-state index contributed by atoms with van der Waals surface area (Å²) < 4.78 is 66.1. The first-order chi connectivity index (χ1) is 18.2. The summed E-state index contributed by atoms with van der Waals surface area (Å²) in [4.78, 5) is 10.1. The number of benzene rings is 3. The maximum atomic E-state index is 16.1. The van der Waals surface area contributed by atoms with Gasteiger partial charge in [-0.25, -0.2) is 17.6 Å². The molecule has 1 aromatic heterocycles. The van der Waals surface area contributed by atoms with Gasteiger partial charge >= 0.3 is 6.01 Å². The summed E-state index contributed by atoms with van der Waals surface area (Å²) in [5.74, 6) is -3.19. The van der Waals surface area contributed by atoms with Crippen LogP contribution in [0, 0.1) is 17.5 Å². The van der Waals surface area contributed by atoms with E-state index in [4.69, 9.17) is 10.5 Å². The van der Waals surface area contributed by atoms with Crippen molar-refractivity contribution in [2.75, 3.05) is 25.4 Å². The molecule has 4 aromatic rings. The van der Waals surface area contributed by atoms with Crippen LogP contribution in [-0.4, -0.2) is 51.4 Å². The number of halogens is 4. The van der Waals surface area contributed by atoms with Crippen LogP contribution in [0.5, 0.6) is 11.9 Å². The summed E-state index contributed by atoms with van der Waals surface area (Å²) in [5, 5.41) is 11.2. The standard InChI is InChI=1S/C28H26F4N4O2/c1-2-17-20(30)5-4-14-8-16(33)9-18(22(14)17)23-21(31)10-19-25(24(23)32)34-27(35-26(19)37)38-13-28-6-3-7-36(28)12-15(29)11-28/h4-5,8-10,15H,2-3,6-7,11-13,33H2,1H3,(H,34,35,37)/t15-,28+/m1/s1. The lowest BCUT2D eigenvalue weighted by Crippen LogP contribution is -2.43. The molecule has 0 spiro atoms. The Bertz CT molecular complexity index is 1600. The Morgan fingerprint density at radius 3 is 2.76 bits per heavy atom. The number of nitrogen functional groups attached to an aromatic ring is 1. The van der Waals surface area contributed by atoms with Crippen LogP contribution in [-0.2, 0) is 6.42 Å². The van der Waals surface area contributed by atoms with Gasteiger partial charge in [0, 0.05) is 18.7 Å². The van der Waals surface area contributed by atoms with E-state index >= 15 is 8.78 Å².